The predicted octanol–water partition coefficient (Wildman–Crippen LogP) is 1.29. The summed E-state index contributed by atoms with van der Waals surface area (Å²) in [5, 5.41) is 0. The molecule has 6 nitrogen and oxygen atoms in total. The number of amides is 2. The number of carbonyl (C=O) groups is 2. The highest BCUT2D eigenvalue weighted by Crippen LogP contribution is 2.34. The van der Waals surface area contributed by atoms with Crippen LogP contribution in [0.3, 0.4) is 0 Å². The molecule has 2 aliphatic rings. The summed E-state index contributed by atoms with van der Waals surface area (Å²) >= 11 is 0. The van der Waals surface area contributed by atoms with E-state index in [1.165, 1.54) is 17.7 Å². The summed E-state index contributed by atoms with van der Waals surface area (Å²) in [6.07, 6.45) is 4.83. The summed E-state index contributed by atoms with van der Waals surface area (Å²) in [5.41, 5.74) is 0.457. The lowest BCUT2D eigenvalue weighted by atomic mass is 10.1. The summed E-state index contributed by atoms with van der Waals surface area (Å²) in [6.45, 7) is 3.40. The molecule has 1 saturated carbocycles. The first-order chi connectivity index (χ1) is 9.97. The van der Waals surface area contributed by atoms with Crippen LogP contribution in [0.25, 0.3) is 0 Å². The fourth-order valence-corrected chi connectivity index (χ4v) is 2.85. The van der Waals surface area contributed by atoms with Crippen molar-refractivity contribution in [1.29, 1.82) is 0 Å². The number of fused-ring (bicyclic) bond motifs is 1. The molecule has 1 aromatic rings. The molecule has 0 spiro atoms. The number of hydrogen-bond acceptors (Lipinski definition) is 3. The SMILES string of the molecule is CC1c2nc(C(=O)N(C)C)cn2CCN1C(=O)CC1CC1. The van der Waals surface area contributed by atoms with Gasteiger partial charge in [-0.1, -0.05) is 0 Å². The Balaban J connectivity index is 1.79. The fourth-order valence-electron chi connectivity index (χ4n) is 2.85. The molecule has 0 N–H and O–H groups in total. The van der Waals surface area contributed by atoms with Gasteiger partial charge in [0.2, 0.25) is 5.91 Å². The molecule has 0 saturated heterocycles. The van der Waals surface area contributed by atoms with E-state index in [1.54, 1.807) is 20.3 Å². The third-order valence-corrected chi connectivity index (χ3v) is 4.34. The first-order valence-corrected chi connectivity index (χ1v) is 7.55. The molecular weight excluding hydrogens is 268 g/mol. The van der Waals surface area contributed by atoms with Crippen molar-refractivity contribution in [2.45, 2.75) is 38.8 Å². The molecule has 1 aliphatic heterocycles. The Hall–Kier alpha value is -1.85. The van der Waals surface area contributed by atoms with Crippen molar-refractivity contribution >= 4 is 11.8 Å². The van der Waals surface area contributed by atoms with Crippen molar-refractivity contribution in [3.8, 4) is 0 Å². The Morgan fingerprint density at radius 1 is 1.33 bits per heavy atom. The van der Waals surface area contributed by atoms with Gasteiger partial charge in [0, 0.05) is 39.8 Å². The van der Waals surface area contributed by atoms with Gasteiger partial charge in [-0.2, -0.15) is 0 Å². The van der Waals surface area contributed by atoms with E-state index in [0.29, 0.717) is 31.1 Å². The first-order valence-electron chi connectivity index (χ1n) is 7.55. The summed E-state index contributed by atoms with van der Waals surface area (Å²) < 4.78 is 2.00. The Bertz CT molecular complexity index is 574. The number of nitrogens with zero attached hydrogens (tertiary/aromatic N) is 4. The smallest absolute Gasteiger partial charge is 0.273 e. The molecule has 2 heterocycles. The van der Waals surface area contributed by atoms with Gasteiger partial charge >= 0.3 is 0 Å². The average Bonchev–Trinajstić information content (AvgIpc) is 3.13. The molecular formula is C15H22N4O2. The third kappa shape index (κ3) is 2.66. The van der Waals surface area contributed by atoms with Gasteiger partial charge in [-0.3, -0.25) is 9.59 Å². The van der Waals surface area contributed by atoms with Crippen molar-refractivity contribution in [3.05, 3.63) is 17.7 Å². The monoisotopic (exact) mass is 290 g/mol. The van der Waals surface area contributed by atoms with Gasteiger partial charge in [0.1, 0.15) is 11.5 Å². The van der Waals surface area contributed by atoms with E-state index in [1.807, 2.05) is 16.4 Å². The minimum Gasteiger partial charge on any atom is -0.343 e. The van der Waals surface area contributed by atoms with Crippen molar-refractivity contribution in [1.82, 2.24) is 19.4 Å². The summed E-state index contributed by atoms with van der Waals surface area (Å²) in [7, 11) is 3.44. The third-order valence-electron chi connectivity index (χ3n) is 4.34. The lowest BCUT2D eigenvalue weighted by Gasteiger charge is -2.33. The highest BCUT2D eigenvalue weighted by atomic mass is 16.2. The number of aromatic nitrogens is 2. The van der Waals surface area contributed by atoms with E-state index in [9.17, 15) is 9.59 Å². The van der Waals surface area contributed by atoms with Crippen LogP contribution in [-0.2, 0) is 11.3 Å². The molecule has 21 heavy (non-hydrogen) atoms. The van der Waals surface area contributed by atoms with Crippen LogP contribution in [0.5, 0.6) is 0 Å². The van der Waals surface area contributed by atoms with E-state index in [2.05, 4.69) is 4.98 Å². The van der Waals surface area contributed by atoms with Gasteiger partial charge in [0.05, 0.1) is 6.04 Å². The molecule has 3 rings (SSSR count). The second-order valence-corrected chi connectivity index (χ2v) is 6.29. The molecule has 6 heteroatoms. The summed E-state index contributed by atoms with van der Waals surface area (Å²) in [6, 6.07) is -0.0614. The minimum absolute atomic E-state index is 0.0614. The maximum absolute atomic E-state index is 12.3. The zero-order chi connectivity index (χ0) is 15.1. The van der Waals surface area contributed by atoms with Crippen LogP contribution in [0.15, 0.2) is 6.20 Å². The van der Waals surface area contributed by atoms with E-state index in [0.717, 1.165) is 5.82 Å². The number of carbonyl (C=O) groups excluding carboxylic acids is 2. The van der Waals surface area contributed by atoms with Crippen LogP contribution in [0.4, 0.5) is 0 Å². The van der Waals surface area contributed by atoms with Crippen molar-refractivity contribution in [2.75, 3.05) is 20.6 Å². The number of hydrogen-bond donors (Lipinski definition) is 0. The number of imidazole rings is 1. The molecule has 114 valence electrons. The molecule has 1 aromatic heterocycles. The van der Waals surface area contributed by atoms with Crippen LogP contribution < -0.4 is 0 Å². The van der Waals surface area contributed by atoms with Gasteiger partial charge in [0.15, 0.2) is 0 Å². The van der Waals surface area contributed by atoms with E-state index < -0.39 is 0 Å². The summed E-state index contributed by atoms with van der Waals surface area (Å²) in [5.74, 6) is 1.53. The molecule has 1 fully saturated rings. The normalized spacial score (nSPS) is 21.1. The molecule has 0 aromatic carbocycles. The lowest BCUT2D eigenvalue weighted by molar-refractivity contribution is -0.134. The fraction of sp³-hybridized carbons (Fsp3) is 0.667. The molecule has 0 bridgehead atoms. The maximum atomic E-state index is 12.3. The van der Waals surface area contributed by atoms with Crippen molar-refractivity contribution < 1.29 is 9.59 Å². The Labute approximate surface area is 124 Å². The first kappa shape index (κ1) is 14.1. The topological polar surface area (TPSA) is 58.4 Å². The summed E-state index contributed by atoms with van der Waals surface area (Å²) in [4.78, 5) is 32.2. The van der Waals surface area contributed by atoms with Gasteiger partial charge in [-0.25, -0.2) is 4.98 Å². The lowest BCUT2D eigenvalue weighted by Crippen LogP contribution is -2.41. The standard InChI is InChI=1S/C15H22N4O2/c1-10-14-16-12(15(21)17(2)3)9-18(14)6-7-19(10)13(20)8-11-4-5-11/h9-11H,4-8H2,1-3H3. The Morgan fingerprint density at radius 2 is 2.05 bits per heavy atom. The molecule has 1 aliphatic carbocycles. The van der Waals surface area contributed by atoms with Crippen LogP contribution in [0.2, 0.25) is 0 Å². The second kappa shape index (κ2) is 5.16. The predicted molar refractivity (Wildman–Crippen MR) is 77.7 cm³/mol. The van der Waals surface area contributed by atoms with Crippen molar-refractivity contribution in [2.24, 2.45) is 5.92 Å². The van der Waals surface area contributed by atoms with Gasteiger partial charge < -0.3 is 14.4 Å². The zero-order valence-electron chi connectivity index (χ0n) is 12.9. The second-order valence-electron chi connectivity index (χ2n) is 6.29. The van der Waals surface area contributed by atoms with Gasteiger partial charge in [0.25, 0.3) is 5.91 Å². The Kier molecular flexibility index (Phi) is 3.47. The molecule has 1 atom stereocenters. The van der Waals surface area contributed by atoms with E-state index in [4.69, 9.17) is 0 Å². The zero-order valence-corrected chi connectivity index (χ0v) is 12.9. The van der Waals surface area contributed by atoms with Crippen LogP contribution in [-0.4, -0.2) is 51.8 Å². The van der Waals surface area contributed by atoms with Crippen LogP contribution in [0, 0.1) is 5.92 Å². The molecule has 1 unspecified atom stereocenters. The van der Waals surface area contributed by atoms with Gasteiger partial charge in [-0.15, -0.1) is 0 Å². The largest absolute Gasteiger partial charge is 0.343 e. The molecule has 0 radical (unpaired) electrons. The Morgan fingerprint density at radius 3 is 2.67 bits per heavy atom. The molecule has 2 amide bonds. The van der Waals surface area contributed by atoms with Crippen molar-refractivity contribution in [3.63, 3.8) is 0 Å². The van der Waals surface area contributed by atoms with Crippen LogP contribution in [0.1, 0.15) is 48.5 Å². The maximum Gasteiger partial charge on any atom is 0.273 e. The quantitative estimate of drug-likeness (QED) is 0.843. The van der Waals surface area contributed by atoms with E-state index in [-0.39, 0.29) is 17.9 Å². The van der Waals surface area contributed by atoms with Crippen LogP contribution >= 0.6 is 0 Å². The van der Waals surface area contributed by atoms with E-state index >= 15 is 0 Å². The number of rotatable bonds is 3. The average molecular weight is 290 g/mol. The highest BCUT2D eigenvalue weighted by Gasteiger charge is 2.33. The highest BCUT2D eigenvalue weighted by molar-refractivity contribution is 5.91. The minimum atomic E-state index is -0.0973. The van der Waals surface area contributed by atoms with Gasteiger partial charge in [-0.05, 0) is 25.7 Å².